The fourth-order valence-electron chi connectivity index (χ4n) is 1.88. The monoisotopic (exact) mass is 352 g/mol. The van der Waals surface area contributed by atoms with Gasteiger partial charge in [-0.05, 0) is 48.5 Å². The van der Waals surface area contributed by atoms with Gasteiger partial charge in [0, 0.05) is 0 Å². The van der Waals surface area contributed by atoms with Crippen molar-refractivity contribution in [3.63, 3.8) is 0 Å². The fraction of sp³-hybridized carbons (Fsp3) is 0.111. The molecule has 0 heterocycles. The van der Waals surface area contributed by atoms with Crippen molar-refractivity contribution in [3.8, 4) is 0 Å². The van der Waals surface area contributed by atoms with Gasteiger partial charge in [0.15, 0.2) is 0 Å². The van der Waals surface area contributed by atoms with Gasteiger partial charge < -0.3 is 9.47 Å². The lowest BCUT2D eigenvalue weighted by atomic mass is 10.2. The van der Waals surface area contributed by atoms with Crippen molar-refractivity contribution < 1.29 is 28.7 Å². The van der Waals surface area contributed by atoms with Crippen molar-refractivity contribution in [2.75, 3.05) is 13.2 Å². The lowest BCUT2D eigenvalue weighted by Crippen LogP contribution is -2.14. The molecule has 8 nitrogen and oxygen atoms in total. The van der Waals surface area contributed by atoms with Crippen molar-refractivity contribution in [2.24, 2.45) is 9.98 Å². The van der Waals surface area contributed by atoms with Crippen LogP contribution in [-0.2, 0) is 19.1 Å². The maximum absolute atomic E-state index is 11.8. The molecule has 2 aromatic carbocycles. The molecule has 26 heavy (non-hydrogen) atoms. The quantitative estimate of drug-likeness (QED) is 0.328. The first-order chi connectivity index (χ1) is 12.6. The number of carbonyl (C=O) groups excluding carboxylic acids is 4. The van der Waals surface area contributed by atoms with Gasteiger partial charge in [-0.15, -0.1) is 0 Å². The van der Waals surface area contributed by atoms with Gasteiger partial charge in [0.25, 0.3) is 0 Å². The van der Waals surface area contributed by atoms with Crippen LogP contribution in [0.4, 0.5) is 11.4 Å². The summed E-state index contributed by atoms with van der Waals surface area (Å²) < 4.78 is 9.97. The number of aliphatic imine (C=N–C) groups is 2. The normalized spacial score (nSPS) is 9.38. The van der Waals surface area contributed by atoms with Crippen LogP contribution >= 0.6 is 0 Å². The summed E-state index contributed by atoms with van der Waals surface area (Å²) in [7, 11) is 0. The Kier molecular flexibility index (Phi) is 6.71. The Morgan fingerprint density at radius 2 is 1.04 bits per heavy atom. The maximum atomic E-state index is 11.8. The number of ether oxygens (including phenoxy) is 2. The Labute approximate surface area is 147 Å². The van der Waals surface area contributed by atoms with Gasteiger partial charge in [-0.1, -0.05) is 0 Å². The van der Waals surface area contributed by atoms with Gasteiger partial charge in [-0.3, -0.25) is 0 Å². The summed E-state index contributed by atoms with van der Waals surface area (Å²) in [6.07, 6.45) is 2.79. The average Bonchev–Trinajstić information content (AvgIpc) is 2.66. The van der Waals surface area contributed by atoms with Crippen molar-refractivity contribution >= 4 is 35.5 Å². The molecule has 0 unspecified atom stereocenters. The highest BCUT2D eigenvalue weighted by Gasteiger charge is 2.09. The molecular weight excluding hydrogens is 340 g/mol. The van der Waals surface area contributed by atoms with Gasteiger partial charge in [-0.2, -0.15) is 9.98 Å². The zero-order chi connectivity index (χ0) is 18.8. The lowest BCUT2D eigenvalue weighted by Gasteiger charge is -2.07. The number of esters is 2. The van der Waals surface area contributed by atoms with Crippen LogP contribution in [-0.4, -0.2) is 37.3 Å². The van der Waals surface area contributed by atoms with Gasteiger partial charge >= 0.3 is 11.9 Å². The summed E-state index contributed by atoms with van der Waals surface area (Å²) >= 11 is 0. The highest BCUT2D eigenvalue weighted by Crippen LogP contribution is 2.14. The van der Waals surface area contributed by atoms with Crippen LogP contribution in [0.5, 0.6) is 0 Å². The van der Waals surface area contributed by atoms with Crippen molar-refractivity contribution in [3.05, 3.63) is 59.7 Å². The molecule has 0 saturated heterocycles. The number of carbonyl (C=O) groups is 2. The Morgan fingerprint density at radius 1 is 0.692 bits per heavy atom. The Balaban J connectivity index is 1.78. The third kappa shape index (κ3) is 5.35. The number of benzene rings is 2. The predicted octanol–water partition coefficient (Wildman–Crippen LogP) is 2.64. The van der Waals surface area contributed by atoms with E-state index in [9.17, 15) is 19.2 Å². The Hall–Kier alpha value is -3.86. The van der Waals surface area contributed by atoms with Gasteiger partial charge in [0.1, 0.15) is 13.2 Å². The highest BCUT2D eigenvalue weighted by atomic mass is 16.6. The molecule has 0 spiro atoms. The van der Waals surface area contributed by atoms with E-state index in [2.05, 4.69) is 9.98 Å². The number of hydrogen-bond acceptors (Lipinski definition) is 8. The molecule has 2 aromatic rings. The molecule has 0 atom stereocenters. The summed E-state index contributed by atoms with van der Waals surface area (Å²) in [6, 6.07) is 11.7. The van der Waals surface area contributed by atoms with Gasteiger partial charge in [0.05, 0.1) is 22.5 Å². The second-order valence-corrected chi connectivity index (χ2v) is 4.77. The molecule has 130 valence electrons. The van der Waals surface area contributed by atoms with Crippen LogP contribution in [0.15, 0.2) is 58.5 Å². The van der Waals surface area contributed by atoms with Crippen LogP contribution in [0.3, 0.4) is 0 Å². The van der Waals surface area contributed by atoms with Crippen molar-refractivity contribution in [1.82, 2.24) is 0 Å². The van der Waals surface area contributed by atoms with Gasteiger partial charge in [-0.25, -0.2) is 19.2 Å². The first-order valence-corrected chi connectivity index (χ1v) is 7.34. The van der Waals surface area contributed by atoms with E-state index in [0.29, 0.717) is 11.4 Å². The predicted molar refractivity (Wildman–Crippen MR) is 89.0 cm³/mol. The van der Waals surface area contributed by atoms with E-state index in [0.717, 1.165) is 0 Å². The smallest absolute Gasteiger partial charge is 0.338 e. The number of nitrogens with zero attached hydrogens (tertiary/aromatic N) is 2. The number of hydrogen-bond donors (Lipinski definition) is 0. The molecule has 0 aliphatic rings. The topological polar surface area (TPSA) is 111 Å². The summed E-state index contributed by atoms with van der Waals surface area (Å²) in [5, 5.41) is 0. The lowest BCUT2D eigenvalue weighted by molar-refractivity contribution is 0.0265. The fourth-order valence-corrected chi connectivity index (χ4v) is 1.88. The molecule has 0 saturated carbocycles. The molecule has 2 rings (SSSR count). The van der Waals surface area contributed by atoms with Crippen LogP contribution in [0, 0.1) is 0 Å². The van der Waals surface area contributed by atoms with Crippen molar-refractivity contribution in [2.45, 2.75) is 0 Å². The standard InChI is InChI=1S/C18H12N2O6/c21-11-19-15-5-1-13(2-6-15)17(23)25-9-10-26-18(24)14-3-7-16(8-4-14)20-12-22/h1-8H,9-10H2. The molecule has 0 fully saturated rings. The molecule has 0 aromatic heterocycles. The third-order valence-corrected chi connectivity index (χ3v) is 3.11. The first-order valence-electron chi connectivity index (χ1n) is 7.34. The van der Waals surface area contributed by atoms with Crippen LogP contribution in [0.1, 0.15) is 20.7 Å². The molecule has 0 N–H and O–H groups in total. The van der Waals surface area contributed by atoms with E-state index >= 15 is 0 Å². The van der Waals surface area contributed by atoms with E-state index in [1.807, 2.05) is 0 Å². The van der Waals surface area contributed by atoms with E-state index in [1.54, 1.807) is 0 Å². The first kappa shape index (κ1) is 18.5. The summed E-state index contributed by atoms with van der Waals surface area (Å²) in [5.41, 5.74) is 1.28. The molecular formula is C18H12N2O6. The Morgan fingerprint density at radius 3 is 1.35 bits per heavy atom. The highest BCUT2D eigenvalue weighted by molar-refractivity contribution is 5.90. The number of rotatable bonds is 7. The minimum Gasteiger partial charge on any atom is -0.458 e. The second-order valence-electron chi connectivity index (χ2n) is 4.77. The van der Waals surface area contributed by atoms with Crippen LogP contribution < -0.4 is 0 Å². The van der Waals surface area contributed by atoms with E-state index in [4.69, 9.17) is 9.47 Å². The molecule has 0 radical (unpaired) electrons. The maximum Gasteiger partial charge on any atom is 0.338 e. The van der Waals surface area contributed by atoms with Gasteiger partial charge in [0.2, 0.25) is 12.2 Å². The SMILES string of the molecule is O=C=Nc1ccc(C(=O)OCCOC(=O)c2ccc(N=C=O)cc2)cc1. The third-order valence-electron chi connectivity index (χ3n) is 3.11. The molecule has 0 aliphatic heterocycles. The van der Waals surface area contributed by atoms with Crippen LogP contribution in [0.2, 0.25) is 0 Å². The van der Waals surface area contributed by atoms with E-state index < -0.39 is 11.9 Å². The number of isocyanates is 2. The minimum absolute atomic E-state index is 0.119. The average molecular weight is 352 g/mol. The molecule has 0 aliphatic carbocycles. The molecule has 8 heteroatoms. The Bertz CT molecular complexity index is 801. The second kappa shape index (κ2) is 9.44. The van der Waals surface area contributed by atoms with Crippen LogP contribution in [0.25, 0.3) is 0 Å². The largest absolute Gasteiger partial charge is 0.458 e. The zero-order valence-electron chi connectivity index (χ0n) is 13.4. The van der Waals surface area contributed by atoms with E-state index in [1.165, 1.54) is 60.7 Å². The summed E-state index contributed by atoms with van der Waals surface area (Å²) in [6.45, 7) is -0.237. The molecule has 0 amide bonds. The summed E-state index contributed by atoms with van der Waals surface area (Å²) in [4.78, 5) is 50.7. The minimum atomic E-state index is -0.598. The summed E-state index contributed by atoms with van der Waals surface area (Å²) in [5.74, 6) is -1.20. The van der Waals surface area contributed by atoms with Crippen molar-refractivity contribution in [1.29, 1.82) is 0 Å². The molecule has 0 bridgehead atoms. The zero-order valence-corrected chi connectivity index (χ0v) is 13.4. The van der Waals surface area contributed by atoms with E-state index in [-0.39, 0.29) is 24.3 Å².